The topological polar surface area (TPSA) is 138 Å². The molecule has 10 nitrogen and oxygen atoms in total. The van der Waals surface area contributed by atoms with Gasteiger partial charge in [-0.1, -0.05) is 66.7 Å². The molecule has 0 aliphatic carbocycles. The molecule has 2 heterocycles. The molecule has 1 aliphatic heterocycles. The second-order valence-corrected chi connectivity index (χ2v) is 9.79. The first-order valence-electron chi connectivity index (χ1n) is 13.4. The zero-order valence-electron chi connectivity index (χ0n) is 22.8. The molecular formula is C32H28N4O6. The van der Waals surface area contributed by atoms with Gasteiger partial charge in [-0.3, -0.25) is 19.6 Å². The first kappa shape index (κ1) is 28.2. The molecule has 10 heteroatoms. The molecule has 0 unspecified atom stereocenters. The van der Waals surface area contributed by atoms with E-state index in [9.17, 15) is 24.3 Å². The van der Waals surface area contributed by atoms with Gasteiger partial charge >= 0.3 is 12.1 Å². The number of carboxylic acids is 1. The summed E-state index contributed by atoms with van der Waals surface area (Å²) in [6.45, 7) is 1.84. The zero-order valence-corrected chi connectivity index (χ0v) is 22.8. The Hall–Kier alpha value is -5.38. The Morgan fingerprint density at radius 2 is 1.74 bits per heavy atom. The second kappa shape index (κ2) is 12.4. The number of amides is 3. The number of aliphatic carboxylic acids is 1. The lowest BCUT2D eigenvalue weighted by Crippen LogP contribution is -2.36. The number of aromatic nitrogens is 1. The molecule has 2 N–H and O–H groups in total. The SMILES string of the molecule is CC(=N[C@H](C(=O)O)[C@H](CC(=O)N1CCOC1=O)c1ccc2ccccc2c1)c1ccccc1NC(=O)c1ccccn1. The Balaban J connectivity index is 1.52. The average molecular weight is 565 g/mol. The van der Waals surface area contributed by atoms with Crippen molar-refractivity contribution in [3.8, 4) is 0 Å². The molecular weight excluding hydrogens is 536 g/mol. The highest BCUT2D eigenvalue weighted by atomic mass is 16.6. The highest BCUT2D eigenvalue weighted by Crippen LogP contribution is 2.31. The van der Waals surface area contributed by atoms with Crippen LogP contribution in [0.4, 0.5) is 10.5 Å². The number of hydrogen-bond acceptors (Lipinski definition) is 7. The molecule has 42 heavy (non-hydrogen) atoms. The zero-order chi connectivity index (χ0) is 29.6. The van der Waals surface area contributed by atoms with Gasteiger partial charge in [-0.15, -0.1) is 0 Å². The largest absolute Gasteiger partial charge is 0.480 e. The lowest BCUT2D eigenvalue weighted by molar-refractivity contribution is -0.139. The summed E-state index contributed by atoms with van der Waals surface area (Å²) in [6, 6.07) is 23.6. The minimum absolute atomic E-state index is 0.0891. The van der Waals surface area contributed by atoms with E-state index in [1.54, 1.807) is 55.5 Å². The summed E-state index contributed by atoms with van der Waals surface area (Å²) >= 11 is 0. The van der Waals surface area contributed by atoms with Crippen LogP contribution < -0.4 is 5.32 Å². The highest BCUT2D eigenvalue weighted by Gasteiger charge is 2.36. The second-order valence-electron chi connectivity index (χ2n) is 9.79. The smallest absolute Gasteiger partial charge is 0.416 e. The molecule has 1 saturated heterocycles. The van der Waals surface area contributed by atoms with E-state index in [0.29, 0.717) is 22.5 Å². The van der Waals surface area contributed by atoms with E-state index in [-0.39, 0.29) is 25.3 Å². The number of benzene rings is 3. The van der Waals surface area contributed by atoms with E-state index in [4.69, 9.17) is 4.74 Å². The van der Waals surface area contributed by atoms with Crippen LogP contribution in [-0.2, 0) is 14.3 Å². The van der Waals surface area contributed by atoms with Crippen LogP contribution in [0.1, 0.15) is 40.9 Å². The number of imide groups is 1. The number of para-hydroxylation sites is 1. The van der Waals surface area contributed by atoms with Crippen LogP contribution in [0.15, 0.2) is 96.1 Å². The Morgan fingerprint density at radius 3 is 2.45 bits per heavy atom. The van der Waals surface area contributed by atoms with E-state index in [0.717, 1.165) is 15.7 Å². The van der Waals surface area contributed by atoms with Crippen LogP contribution in [0.25, 0.3) is 10.8 Å². The van der Waals surface area contributed by atoms with E-state index in [1.807, 2.05) is 36.4 Å². The third-order valence-electron chi connectivity index (χ3n) is 7.09. The minimum Gasteiger partial charge on any atom is -0.480 e. The molecule has 0 spiro atoms. The minimum atomic E-state index is -1.38. The van der Waals surface area contributed by atoms with E-state index in [1.165, 1.54) is 6.20 Å². The van der Waals surface area contributed by atoms with Gasteiger partial charge in [-0.25, -0.2) is 14.5 Å². The number of carboxylic acid groups (broad SMARTS) is 1. The number of pyridine rings is 1. The number of ether oxygens (including phenoxy) is 1. The molecule has 3 amide bonds. The Morgan fingerprint density at radius 1 is 1.00 bits per heavy atom. The lowest BCUT2D eigenvalue weighted by Gasteiger charge is -2.24. The van der Waals surface area contributed by atoms with E-state index < -0.39 is 35.8 Å². The van der Waals surface area contributed by atoms with Gasteiger partial charge < -0.3 is 15.2 Å². The van der Waals surface area contributed by atoms with Crippen LogP contribution in [-0.4, -0.2) is 63.8 Å². The number of carbonyl (C=O) groups is 4. The van der Waals surface area contributed by atoms with Crippen molar-refractivity contribution < 1.29 is 29.0 Å². The maximum Gasteiger partial charge on any atom is 0.416 e. The van der Waals surface area contributed by atoms with Crippen molar-refractivity contribution in [2.45, 2.75) is 25.3 Å². The van der Waals surface area contributed by atoms with E-state index >= 15 is 0 Å². The number of fused-ring (bicyclic) bond motifs is 1. The lowest BCUT2D eigenvalue weighted by atomic mass is 9.86. The number of carbonyl (C=O) groups excluding carboxylic acids is 3. The van der Waals surface area contributed by atoms with Gasteiger partial charge in [0.25, 0.3) is 5.91 Å². The van der Waals surface area contributed by atoms with Gasteiger partial charge in [0, 0.05) is 29.8 Å². The fourth-order valence-electron chi connectivity index (χ4n) is 4.95. The van der Waals surface area contributed by atoms with Crippen molar-refractivity contribution in [1.82, 2.24) is 9.88 Å². The molecule has 1 aliphatic rings. The predicted octanol–water partition coefficient (Wildman–Crippen LogP) is 4.90. The fraction of sp³-hybridized carbons (Fsp3) is 0.188. The summed E-state index contributed by atoms with van der Waals surface area (Å²) < 4.78 is 4.92. The molecule has 2 atom stereocenters. The summed E-state index contributed by atoms with van der Waals surface area (Å²) in [6.07, 6.45) is 0.488. The van der Waals surface area contributed by atoms with Crippen LogP contribution in [0.5, 0.6) is 0 Å². The van der Waals surface area contributed by atoms with Crippen molar-refractivity contribution in [3.05, 3.63) is 108 Å². The van der Waals surface area contributed by atoms with Gasteiger partial charge in [-0.05, 0) is 41.5 Å². The van der Waals surface area contributed by atoms with Crippen molar-refractivity contribution in [1.29, 1.82) is 0 Å². The summed E-state index contributed by atoms with van der Waals surface area (Å²) in [4.78, 5) is 60.6. The first-order chi connectivity index (χ1) is 20.3. The molecule has 4 aromatic rings. The molecule has 0 radical (unpaired) electrons. The van der Waals surface area contributed by atoms with E-state index in [2.05, 4.69) is 15.3 Å². The monoisotopic (exact) mass is 564 g/mol. The number of anilines is 1. The first-order valence-corrected chi connectivity index (χ1v) is 13.4. The molecule has 3 aromatic carbocycles. The number of rotatable bonds is 9. The standard InChI is InChI=1S/C32H28N4O6/c1-20(24-10-4-5-11-26(24)35-30(38)27-12-6-7-15-33-27)34-29(31(39)40)25(19-28(37)36-16-17-42-32(36)41)23-14-13-21-8-2-3-9-22(21)18-23/h2-15,18,25,29H,16-17,19H2,1H3,(H,35,38)(H,39,40)/t25-,29+/m1/s1. The van der Waals surface area contributed by atoms with Gasteiger partial charge in [-0.2, -0.15) is 0 Å². The molecule has 0 saturated carbocycles. The van der Waals surface area contributed by atoms with Gasteiger partial charge in [0.2, 0.25) is 5.91 Å². The number of nitrogens with one attached hydrogen (secondary N) is 1. The fourth-order valence-corrected chi connectivity index (χ4v) is 4.95. The Labute approximate surface area is 241 Å². The van der Waals surface area contributed by atoms with Crippen LogP contribution in [0.3, 0.4) is 0 Å². The van der Waals surface area contributed by atoms with Gasteiger partial charge in [0.05, 0.1) is 12.2 Å². The maximum atomic E-state index is 13.2. The van der Waals surface area contributed by atoms with Gasteiger partial charge in [0.1, 0.15) is 12.3 Å². The number of hydrogen-bond donors (Lipinski definition) is 2. The Bertz CT molecular complexity index is 1690. The Kier molecular flexibility index (Phi) is 8.33. The summed E-state index contributed by atoms with van der Waals surface area (Å²) in [7, 11) is 0. The van der Waals surface area contributed by atoms with Crippen LogP contribution in [0.2, 0.25) is 0 Å². The average Bonchev–Trinajstić information content (AvgIpc) is 3.45. The molecule has 0 bridgehead atoms. The van der Waals surface area contributed by atoms with Crippen LogP contribution in [0, 0.1) is 0 Å². The van der Waals surface area contributed by atoms with Gasteiger partial charge in [0.15, 0.2) is 6.04 Å². The molecule has 1 aromatic heterocycles. The third kappa shape index (κ3) is 6.17. The quantitative estimate of drug-likeness (QED) is 0.276. The highest BCUT2D eigenvalue weighted by molar-refractivity contribution is 6.10. The van der Waals surface area contributed by atoms with Crippen molar-refractivity contribution >= 4 is 46.0 Å². The van der Waals surface area contributed by atoms with Crippen molar-refractivity contribution in [2.24, 2.45) is 4.99 Å². The molecule has 212 valence electrons. The molecule has 5 rings (SSSR count). The van der Waals surface area contributed by atoms with Crippen LogP contribution >= 0.6 is 0 Å². The van der Waals surface area contributed by atoms with Crippen molar-refractivity contribution in [3.63, 3.8) is 0 Å². The summed E-state index contributed by atoms with van der Waals surface area (Å²) in [5, 5.41) is 15.1. The third-order valence-corrected chi connectivity index (χ3v) is 7.09. The van der Waals surface area contributed by atoms with Crippen molar-refractivity contribution in [2.75, 3.05) is 18.5 Å². The maximum absolute atomic E-state index is 13.2. The number of nitrogens with zero attached hydrogens (tertiary/aromatic N) is 3. The summed E-state index contributed by atoms with van der Waals surface area (Å²) in [5.41, 5.74) is 2.10. The predicted molar refractivity (Wildman–Crippen MR) is 157 cm³/mol. The number of aliphatic imine (C=N–C) groups is 1. The summed E-state index contributed by atoms with van der Waals surface area (Å²) in [5.74, 6) is -3.11. The molecule has 1 fully saturated rings. The normalized spacial score (nSPS) is 14.7. The number of cyclic esters (lactones) is 1.